The lowest BCUT2D eigenvalue weighted by Gasteiger charge is -2.09. The summed E-state index contributed by atoms with van der Waals surface area (Å²) in [6.07, 6.45) is 4.27. The highest BCUT2D eigenvalue weighted by atomic mass is 79.9. The smallest absolute Gasteiger partial charge is 0.340 e. The minimum absolute atomic E-state index is 0.0595. The van der Waals surface area contributed by atoms with Gasteiger partial charge in [0, 0.05) is 34.4 Å². The molecule has 0 aliphatic heterocycles. The van der Waals surface area contributed by atoms with E-state index in [1.807, 2.05) is 6.92 Å². The summed E-state index contributed by atoms with van der Waals surface area (Å²) in [5.41, 5.74) is 0.669. The van der Waals surface area contributed by atoms with Crippen LogP contribution in [0, 0.1) is 0 Å². The molecule has 0 radical (unpaired) electrons. The molecular formula is C17H14BrNO5S. The molecule has 3 aromatic rings. The second-order valence-electron chi connectivity index (χ2n) is 5.37. The highest BCUT2D eigenvalue weighted by Gasteiger charge is 2.18. The van der Waals surface area contributed by atoms with Crippen LogP contribution in [0.3, 0.4) is 0 Å². The van der Waals surface area contributed by atoms with Crippen LogP contribution in [0.5, 0.6) is 5.75 Å². The Morgan fingerprint density at radius 2 is 2.00 bits per heavy atom. The highest BCUT2D eigenvalue weighted by Crippen LogP contribution is 2.26. The first-order valence-corrected chi connectivity index (χ1v) is 9.71. The zero-order chi connectivity index (χ0) is 18.0. The van der Waals surface area contributed by atoms with Crippen molar-refractivity contribution in [3.05, 3.63) is 63.2 Å². The van der Waals surface area contributed by atoms with E-state index < -0.39 is 15.7 Å². The van der Waals surface area contributed by atoms with Crippen LogP contribution in [0.4, 0.5) is 0 Å². The van der Waals surface area contributed by atoms with Gasteiger partial charge in [0.25, 0.3) is 0 Å². The Hall–Kier alpha value is -2.19. The minimum atomic E-state index is -4.05. The monoisotopic (exact) mass is 423 g/mol. The third-order valence-corrected chi connectivity index (χ3v) is 5.14. The van der Waals surface area contributed by atoms with Gasteiger partial charge in [-0.1, -0.05) is 13.3 Å². The molecule has 130 valence electrons. The molecule has 0 atom stereocenters. The maximum absolute atomic E-state index is 12.4. The van der Waals surface area contributed by atoms with Crippen LogP contribution >= 0.6 is 15.9 Å². The van der Waals surface area contributed by atoms with E-state index in [0.29, 0.717) is 4.47 Å². The Kier molecular flexibility index (Phi) is 4.91. The third-order valence-electron chi connectivity index (χ3n) is 3.50. The average Bonchev–Trinajstić information content (AvgIpc) is 2.54. The lowest BCUT2D eigenvalue weighted by atomic mass is 10.1. The minimum Gasteiger partial charge on any atom is -0.423 e. The molecule has 0 aliphatic rings. The van der Waals surface area contributed by atoms with E-state index in [2.05, 4.69) is 20.9 Å². The first-order valence-electron chi connectivity index (χ1n) is 7.51. The summed E-state index contributed by atoms with van der Waals surface area (Å²) in [6, 6.07) is 7.47. The Balaban J connectivity index is 2.01. The fourth-order valence-electron chi connectivity index (χ4n) is 2.44. The number of aryl methyl sites for hydroxylation is 1. The summed E-state index contributed by atoms with van der Waals surface area (Å²) < 4.78 is 35.5. The summed E-state index contributed by atoms with van der Waals surface area (Å²) >= 11 is 3.17. The van der Waals surface area contributed by atoms with Crippen LogP contribution in [0.1, 0.15) is 18.9 Å². The summed E-state index contributed by atoms with van der Waals surface area (Å²) in [6.45, 7) is 2.01. The van der Waals surface area contributed by atoms with Crippen molar-refractivity contribution in [2.75, 3.05) is 0 Å². The third kappa shape index (κ3) is 3.91. The van der Waals surface area contributed by atoms with Crippen molar-refractivity contribution in [2.24, 2.45) is 0 Å². The van der Waals surface area contributed by atoms with Crippen molar-refractivity contribution >= 4 is 37.0 Å². The molecule has 2 aromatic heterocycles. The van der Waals surface area contributed by atoms with Gasteiger partial charge in [0.1, 0.15) is 16.2 Å². The number of benzene rings is 1. The van der Waals surface area contributed by atoms with Crippen LogP contribution in [-0.2, 0) is 16.5 Å². The molecular weight excluding hydrogens is 410 g/mol. The highest BCUT2D eigenvalue weighted by molar-refractivity contribution is 9.10. The molecule has 3 rings (SSSR count). The molecule has 0 aliphatic carbocycles. The molecule has 0 unspecified atom stereocenters. The van der Waals surface area contributed by atoms with Crippen LogP contribution in [0.15, 0.2) is 61.3 Å². The van der Waals surface area contributed by atoms with Gasteiger partial charge in [-0.15, -0.1) is 0 Å². The van der Waals surface area contributed by atoms with Gasteiger partial charge in [-0.3, -0.25) is 4.98 Å². The number of pyridine rings is 1. The van der Waals surface area contributed by atoms with Gasteiger partial charge < -0.3 is 8.60 Å². The predicted molar refractivity (Wildman–Crippen MR) is 96.2 cm³/mol. The van der Waals surface area contributed by atoms with E-state index in [1.54, 1.807) is 6.07 Å². The van der Waals surface area contributed by atoms with E-state index in [9.17, 15) is 13.2 Å². The van der Waals surface area contributed by atoms with Gasteiger partial charge in [-0.05, 0) is 46.1 Å². The van der Waals surface area contributed by atoms with E-state index in [0.717, 1.165) is 23.8 Å². The molecule has 0 bridgehead atoms. The first kappa shape index (κ1) is 17.6. The lowest BCUT2D eigenvalue weighted by molar-refractivity contribution is 0.484. The second-order valence-corrected chi connectivity index (χ2v) is 7.84. The van der Waals surface area contributed by atoms with Crippen molar-refractivity contribution in [1.29, 1.82) is 0 Å². The summed E-state index contributed by atoms with van der Waals surface area (Å²) in [7, 11) is -4.05. The molecule has 0 saturated heterocycles. The van der Waals surface area contributed by atoms with Crippen LogP contribution in [0.25, 0.3) is 11.0 Å². The zero-order valence-electron chi connectivity index (χ0n) is 13.2. The predicted octanol–water partition coefficient (Wildman–Crippen LogP) is 3.67. The molecule has 0 N–H and O–H groups in total. The van der Waals surface area contributed by atoms with Crippen molar-refractivity contribution in [3.8, 4) is 5.75 Å². The normalized spacial score (nSPS) is 11.6. The standard InChI is InChI=1S/C17H14BrNO5S/c1-2-3-11-6-17(20)23-16-8-13(4-5-15(11)16)24-25(21,22)14-7-12(18)9-19-10-14/h4-10H,2-3H2,1H3. The Morgan fingerprint density at radius 1 is 1.20 bits per heavy atom. The maximum atomic E-state index is 12.4. The second kappa shape index (κ2) is 6.97. The molecule has 0 spiro atoms. The van der Waals surface area contributed by atoms with E-state index >= 15 is 0 Å². The van der Waals surface area contributed by atoms with Crippen molar-refractivity contribution in [2.45, 2.75) is 24.7 Å². The van der Waals surface area contributed by atoms with Gasteiger partial charge in [-0.25, -0.2) is 4.79 Å². The van der Waals surface area contributed by atoms with Crippen LogP contribution in [-0.4, -0.2) is 13.4 Å². The Morgan fingerprint density at radius 3 is 2.72 bits per heavy atom. The fourth-order valence-corrected chi connectivity index (χ4v) is 3.87. The lowest BCUT2D eigenvalue weighted by Crippen LogP contribution is -2.10. The van der Waals surface area contributed by atoms with Gasteiger partial charge >= 0.3 is 15.7 Å². The zero-order valence-corrected chi connectivity index (χ0v) is 15.6. The molecule has 8 heteroatoms. The topological polar surface area (TPSA) is 86.5 Å². The molecule has 25 heavy (non-hydrogen) atoms. The van der Waals surface area contributed by atoms with Crippen LogP contribution in [0.2, 0.25) is 0 Å². The number of hydrogen-bond donors (Lipinski definition) is 0. The molecule has 0 saturated carbocycles. The SMILES string of the molecule is CCCc1cc(=O)oc2cc(OS(=O)(=O)c3cncc(Br)c3)ccc12. The largest absolute Gasteiger partial charge is 0.423 e. The van der Waals surface area contributed by atoms with Gasteiger partial charge in [-0.2, -0.15) is 8.42 Å². The molecule has 0 fully saturated rings. The van der Waals surface area contributed by atoms with Gasteiger partial charge in [0.05, 0.1) is 0 Å². The average molecular weight is 424 g/mol. The number of aromatic nitrogens is 1. The van der Waals surface area contributed by atoms with Crippen molar-refractivity contribution < 1.29 is 17.0 Å². The summed E-state index contributed by atoms with van der Waals surface area (Å²) in [4.78, 5) is 15.4. The van der Waals surface area contributed by atoms with Gasteiger partial charge in [0.2, 0.25) is 0 Å². The van der Waals surface area contributed by atoms with Crippen molar-refractivity contribution in [3.63, 3.8) is 0 Å². The molecule has 0 amide bonds. The molecule has 1 aromatic carbocycles. The van der Waals surface area contributed by atoms with Crippen LogP contribution < -0.4 is 9.81 Å². The molecule has 6 nitrogen and oxygen atoms in total. The van der Waals surface area contributed by atoms with E-state index in [4.69, 9.17) is 8.60 Å². The number of nitrogens with zero attached hydrogens (tertiary/aromatic N) is 1. The van der Waals surface area contributed by atoms with E-state index in [-0.39, 0.29) is 16.2 Å². The fraction of sp³-hybridized carbons (Fsp3) is 0.176. The number of rotatable bonds is 5. The van der Waals surface area contributed by atoms with Gasteiger partial charge in [0.15, 0.2) is 0 Å². The number of halogens is 1. The summed E-state index contributed by atoms with van der Waals surface area (Å²) in [5.74, 6) is 0.0595. The molecule has 2 heterocycles. The Labute approximate surface area is 152 Å². The number of fused-ring (bicyclic) bond motifs is 1. The first-order chi connectivity index (χ1) is 11.9. The summed E-state index contributed by atoms with van der Waals surface area (Å²) in [5, 5.41) is 0.760. The van der Waals surface area contributed by atoms with E-state index in [1.165, 1.54) is 36.7 Å². The quantitative estimate of drug-likeness (QED) is 0.459. The Bertz CT molecular complexity index is 1090. The maximum Gasteiger partial charge on any atom is 0.340 e. The van der Waals surface area contributed by atoms with Crippen molar-refractivity contribution in [1.82, 2.24) is 4.98 Å². The number of hydrogen-bond acceptors (Lipinski definition) is 6.